The molecule has 1 fully saturated rings. The number of anilines is 1. The third-order valence-corrected chi connectivity index (χ3v) is 7.86. The number of thiazole rings is 1. The summed E-state index contributed by atoms with van der Waals surface area (Å²) >= 11 is 3.14. The zero-order valence-corrected chi connectivity index (χ0v) is 17.4. The van der Waals surface area contributed by atoms with E-state index in [-0.39, 0.29) is 11.8 Å². The number of nitrogens with zero attached hydrogens (tertiary/aromatic N) is 2. The molecule has 136 valence electrons. The van der Waals surface area contributed by atoms with Gasteiger partial charge >= 0.3 is 0 Å². The summed E-state index contributed by atoms with van der Waals surface area (Å²) in [5.41, 5.74) is 0. The Morgan fingerprint density at radius 2 is 2.12 bits per heavy atom. The second-order valence-corrected chi connectivity index (χ2v) is 14.5. The van der Waals surface area contributed by atoms with E-state index in [0.29, 0.717) is 10.9 Å². The molecule has 3 rings (SSSR count). The number of carbonyl (C=O) groups excluding carboxylic acids is 1. The number of thioether (sulfide) groups is 1. The van der Waals surface area contributed by atoms with E-state index in [4.69, 9.17) is 4.42 Å². The van der Waals surface area contributed by atoms with Crippen molar-refractivity contribution in [1.82, 2.24) is 15.3 Å². The highest BCUT2D eigenvalue weighted by Gasteiger charge is 2.23. The Morgan fingerprint density at radius 1 is 1.36 bits per heavy atom. The van der Waals surface area contributed by atoms with Crippen molar-refractivity contribution in [2.75, 3.05) is 18.4 Å². The summed E-state index contributed by atoms with van der Waals surface area (Å²) in [6.07, 6.45) is 5.44. The topological polar surface area (TPSA) is 80.0 Å². The van der Waals surface area contributed by atoms with Crippen molar-refractivity contribution in [1.29, 1.82) is 0 Å². The highest BCUT2D eigenvalue weighted by Crippen LogP contribution is 2.30. The Balaban J connectivity index is 1.51. The van der Waals surface area contributed by atoms with Crippen LogP contribution in [0.3, 0.4) is 0 Å². The van der Waals surface area contributed by atoms with E-state index in [2.05, 4.69) is 40.2 Å². The molecular formula is C16H24N4O2S2Si. The van der Waals surface area contributed by atoms with Crippen LogP contribution >= 0.6 is 23.1 Å². The summed E-state index contributed by atoms with van der Waals surface area (Å²) < 4.78 is 6.91. The Morgan fingerprint density at radius 3 is 2.80 bits per heavy atom. The lowest BCUT2D eigenvalue weighted by molar-refractivity contribution is -0.120. The number of hydrogen-bond donors (Lipinski definition) is 2. The van der Waals surface area contributed by atoms with Crippen LogP contribution in [0.25, 0.3) is 0 Å². The molecular weight excluding hydrogens is 372 g/mol. The largest absolute Gasteiger partial charge is 0.450 e. The summed E-state index contributed by atoms with van der Waals surface area (Å²) in [4.78, 5) is 20.9. The van der Waals surface area contributed by atoms with Gasteiger partial charge in [0, 0.05) is 5.92 Å². The Kier molecular flexibility index (Phi) is 5.98. The maximum absolute atomic E-state index is 12.3. The van der Waals surface area contributed by atoms with E-state index in [9.17, 15) is 4.79 Å². The molecule has 1 aliphatic rings. The molecule has 0 atom stereocenters. The van der Waals surface area contributed by atoms with Crippen molar-refractivity contribution in [3.63, 3.8) is 0 Å². The average Bonchev–Trinajstić information content (AvgIpc) is 3.22. The van der Waals surface area contributed by atoms with Crippen LogP contribution in [0, 0.1) is 5.92 Å². The highest BCUT2D eigenvalue weighted by atomic mass is 32.2. The monoisotopic (exact) mass is 396 g/mol. The lowest BCUT2D eigenvalue weighted by Gasteiger charge is -2.20. The van der Waals surface area contributed by atoms with Gasteiger partial charge in [0.15, 0.2) is 5.13 Å². The zero-order chi connectivity index (χ0) is 17.9. The number of oxazole rings is 1. The summed E-state index contributed by atoms with van der Waals surface area (Å²) in [7, 11) is -1.45. The Bertz CT molecular complexity index is 720. The normalized spacial score (nSPS) is 16.1. The molecule has 2 aromatic rings. The number of rotatable bonds is 6. The van der Waals surface area contributed by atoms with E-state index in [0.717, 1.165) is 41.4 Å². The minimum Gasteiger partial charge on any atom is -0.450 e. The first-order valence-electron chi connectivity index (χ1n) is 8.47. The van der Waals surface area contributed by atoms with Gasteiger partial charge in [-0.2, -0.15) is 0 Å². The first-order valence-corrected chi connectivity index (χ1v) is 13.8. The zero-order valence-electron chi connectivity index (χ0n) is 14.8. The Labute approximate surface area is 157 Å². The third-order valence-electron chi connectivity index (χ3n) is 4.06. The van der Waals surface area contributed by atoms with E-state index >= 15 is 0 Å². The van der Waals surface area contributed by atoms with Crippen molar-refractivity contribution >= 4 is 47.6 Å². The minimum absolute atomic E-state index is 0.0832. The van der Waals surface area contributed by atoms with Gasteiger partial charge in [-0.25, -0.2) is 9.97 Å². The van der Waals surface area contributed by atoms with Crippen LogP contribution in [-0.2, 0) is 10.5 Å². The summed E-state index contributed by atoms with van der Waals surface area (Å²) in [6, 6.07) is 0. The fraction of sp³-hybridized carbons (Fsp3) is 0.562. The van der Waals surface area contributed by atoms with Crippen LogP contribution < -0.4 is 16.0 Å². The molecule has 0 spiro atoms. The van der Waals surface area contributed by atoms with E-state index in [1.165, 1.54) is 11.3 Å². The minimum atomic E-state index is -1.45. The molecule has 1 saturated heterocycles. The fourth-order valence-electron chi connectivity index (χ4n) is 2.53. The maximum atomic E-state index is 12.3. The van der Waals surface area contributed by atoms with Gasteiger partial charge in [-0.15, -0.1) is 11.8 Å². The quantitative estimate of drug-likeness (QED) is 0.577. The standard InChI is InChI=1S/C16H24N4O2S2Si/c1-25(2,3)13-8-18-12(22-13)10-23-14-9-19-16(24-14)20-15(21)11-4-6-17-7-5-11/h8-9,11,17H,4-7,10H2,1-3H3,(H,19,20,21). The molecule has 2 N–H and O–H groups in total. The SMILES string of the molecule is C[Si](C)(C)c1cnc(CSc2cnc(NC(=O)C3CCNCC3)s2)o1. The molecule has 0 unspecified atom stereocenters. The second kappa shape index (κ2) is 8.03. The predicted octanol–water partition coefficient (Wildman–Crippen LogP) is 2.91. The van der Waals surface area contributed by atoms with E-state index in [1.807, 2.05) is 6.20 Å². The fourth-order valence-corrected chi connectivity index (χ4v) is 5.14. The van der Waals surface area contributed by atoms with Gasteiger partial charge in [-0.3, -0.25) is 4.79 Å². The molecule has 0 radical (unpaired) electrons. The van der Waals surface area contributed by atoms with Gasteiger partial charge in [0.25, 0.3) is 0 Å². The second-order valence-electron chi connectivity index (χ2n) is 7.15. The van der Waals surface area contributed by atoms with Gasteiger partial charge in [-0.05, 0) is 25.9 Å². The molecule has 1 amide bonds. The molecule has 9 heteroatoms. The molecule has 0 saturated carbocycles. The van der Waals surface area contributed by atoms with Gasteiger partial charge in [0.05, 0.1) is 22.4 Å². The van der Waals surface area contributed by atoms with Gasteiger partial charge < -0.3 is 15.1 Å². The third kappa shape index (κ3) is 5.16. The highest BCUT2D eigenvalue weighted by molar-refractivity contribution is 8.00. The van der Waals surface area contributed by atoms with Crippen LogP contribution in [-0.4, -0.2) is 37.0 Å². The lowest BCUT2D eigenvalue weighted by Crippen LogP contribution is -2.36. The maximum Gasteiger partial charge on any atom is 0.229 e. The molecule has 3 heterocycles. The van der Waals surface area contributed by atoms with Gasteiger partial charge in [-0.1, -0.05) is 31.0 Å². The van der Waals surface area contributed by atoms with E-state index in [1.54, 1.807) is 18.0 Å². The number of nitrogens with one attached hydrogen (secondary N) is 2. The average molecular weight is 397 g/mol. The molecule has 2 aromatic heterocycles. The number of hydrogen-bond acceptors (Lipinski definition) is 7. The van der Waals surface area contributed by atoms with Crippen molar-refractivity contribution in [3.05, 3.63) is 18.3 Å². The van der Waals surface area contributed by atoms with Crippen molar-refractivity contribution in [3.8, 4) is 0 Å². The van der Waals surface area contributed by atoms with E-state index < -0.39 is 8.07 Å². The summed E-state index contributed by atoms with van der Waals surface area (Å²) in [5, 5.41) is 7.92. The molecule has 1 aliphatic heterocycles. The lowest BCUT2D eigenvalue weighted by atomic mass is 9.97. The smallest absolute Gasteiger partial charge is 0.229 e. The van der Waals surface area contributed by atoms with Crippen LogP contribution in [0.1, 0.15) is 18.7 Å². The molecule has 6 nitrogen and oxygen atoms in total. The van der Waals surface area contributed by atoms with Crippen molar-refractivity contribution < 1.29 is 9.21 Å². The van der Waals surface area contributed by atoms with Crippen molar-refractivity contribution in [2.45, 2.75) is 42.4 Å². The van der Waals surface area contributed by atoms with Crippen LogP contribution in [0.5, 0.6) is 0 Å². The van der Waals surface area contributed by atoms with Gasteiger partial charge in [0.1, 0.15) is 13.5 Å². The van der Waals surface area contributed by atoms with Gasteiger partial charge in [0.2, 0.25) is 11.8 Å². The van der Waals surface area contributed by atoms with Crippen LogP contribution in [0.4, 0.5) is 5.13 Å². The number of piperidine rings is 1. The number of aromatic nitrogens is 2. The first-order chi connectivity index (χ1) is 11.9. The summed E-state index contributed by atoms with van der Waals surface area (Å²) in [6.45, 7) is 8.54. The first kappa shape index (κ1) is 18.6. The van der Waals surface area contributed by atoms with Crippen LogP contribution in [0.15, 0.2) is 21.0 Å². The molecule has 0 aliphatic carbocycles. The number of carbonyl (C=O) groups is 1. The molecule has 0 bridgehead atoms. The molecule has 0 aromatic carbocycles. The summed E-state index contributed by atoms with van der Waals surface area (Å²) in [5.74, 6) is 1.60. The number of amides is 1. The molecule has 25 heavy (non-hydrogen) atoms. The van der Waals surface area contributed by atoms with Crippen LogP contribution in [0.2, 0.25) is 19.6 Å². The Hall–Kier alpha value is -1.16. The van der Waals surface area contributed by atoms with Crippen molar-refractivity contribution in [2.24, 2.45) is 5.92 Å². The predicted molar refractivity (Wildman–Crippen MR) is 105 cm³/mol.